The lowest BCUT2D eigenvalue weighted by atomic mass is 9.83. The fraction of sp³-hybridized carbons (Fsp3) is 0.556. The monoisotopic (exact) mass is 351 g/mol. The quantitative estimate of drug-likeness (QED) is 0.827. The average Bonchev–Trinajstić information content (AvgIpc) is 2.53. The van der Waals surface area contributed by atoms with Crippen LogP contribution in [0, 0.1) is 11.8 Å². The molecule has 5 atom stereocenters. The maximum Gasteiger partial charge on any atom is 0.302 e. The zero-order valence-electron chi connectivity index (χ0n) is 14.5. The van der Waals surface area contributed by atoms with Crippen molar-refractivity contribution in [1.29, 1.82) is 0 Å². The predicted octanol–water partition coefficient (Wildman–Crippen LogP) is 2.84. The standard InChI is InChI=1S/C18H25NO4S/c1-11-12(2)17(19-13(3)20)18(23-16(11)10-22-14(4)21)24-15-8-6-5-7-9-15/h5-9,11-12,16-18H,10H2,1-4H3,(H,19,20)/t11-,12?,16?,17-,18+/m1/s1. The van der Waals surface area contributed by atoms with Crippen molar-refractivity contribution < 1.29 is 19.1 Å². The summed E-state index contributed by atoms with van der Waals surface area (Å²) in [6.45, 7) is 7.32. The van der Waals surface area contributed by atoms with Gasteiger partial charge in [-0.05, 0) is 24.0 Å². The zero-order valence-corrected chi connectivity index (χ0v) is 15.3. The van der Waals surface area contributed by atoms with Gasteiger partial charge in [0.05, 0.1) is 12.1 Å². The number of thioether (sulfide) groups is 1. The Hall–Kier alpha value is -1.53. The van der Waals surface area contributed by atoms with Crippen molar-refractivity contribution in [1.82, 2.24) is 5.32 Å². The lowest BCUT2D eigenvalue weighted by Crippen LogP contribution is -2.56. The number of amides is 1. The van der Waals surface area contributed by atoms with Gasteiger partial charge in [-0.1, -0.05) is 43.8 Å². The molecule has 6 heteroatoms. The molecule has 5 nitrogen and oxygen atoms in total. The summed E-state index contributed by atoms with van der Waals surface area (Å²) < 4.78 is 11.4. The summed E-state index contributed by atoms with van der Waals surface area (Å²) in [6, 6.07) is 9.84. The third-order valence-corrected chi connectivity index (χ3v) is 5.58. The van der Waals surface area contributed by atoms with Gasteiger partial charge in [0.25, 0.3) is 0 Å². The Morgan fingerprint density at radius 1 is 1.17 bits per heavy atom. The summed E-state index contributed by atoms with van der Waals surface area (Å²) in [7, 11) is 0. The Kier molecular flexibility index (Phi) is 6.69. The Bertz CT molecular complexity index is 563. The first-order valence-electron chi connectivity index (χ1n) is 8.16. The van der Waals surface area contributed by atoms with Crippen LogP contribution in [0.2, 0.25) is 0 Å². The average molecular weight is 351 g/mol. The molecule has 1 saturated heterocycles. The van der Waals surface area contributed by atoms with Crippen LogP contribution < -0.4 is 5.32 Å². The van der Waals surface area contributed by atoms with Crippen LogP contribution in [0.1, 0.15) is 27.7 Å². The summed E-state index contributed by atoms with van der Waals surface area (Å²) in [5, 5.41) is 3.03. The van der Waals surface area contributed by atoms with Crippen LogP contribution in [0.15, 0.2) is 35.2 Å². The molecule has 2 rings (SSSR count). The SMILES string of the molecule is CC(=O)N[C@@H]1C(C)[C@@H](C)C(COC(C)=O)O[C@H]1Sc1ccccc1. The molecular weight excluding hydrogens is 326 g/mol. The molecule has 1 N–H and O–H groups in total. The van der Waals surface area contributed by atoms with E-state index >= 15 is 0 Å². The molecular formula is C18H25NO4S. The highest BCUT2D eigenvalue weighted by atomic mass is 32.2. The fourth-order valence-electron chi connectivity index (χ4n) is 2.85. The molecule has 0 radical (unpaired) electrons. The van der Waals surface area contributed by atoms with E-state index in [-0.39, 0.29) is 47.9 Å². The second kappa shape index (κ2) is 8.53. The molecule has 1 aromatic rings. The molecule has 0 spiro atoms. The van der Waals surface area contributed by atoms with Crippen LogP contribution in [-0.2, 0) is 19.1 Å². The minimum absolute atomic E-state index is 0.0697. The number of nitrogens with one attached hydrogen (secondary N) is 1. The van der Waals surface area contributed by atoms with Crippen LogP contribution in [0.4, 0.5) is 0 Å². The predicted molar refractivity (Wildman–Crippen MR) is 93.5 cm³/mol. The van der Waals surface area contributed by atoms with Gasteiger partial charge in [0.1, 0.15) is 12.0 Å². The Morgan fingerprint density at radius 2 is 1.83 bits per heavy atom. The molecule has 1 amide bonds. The van der Waals surface area contributed by atoms with Gasteiger partial charge in [0.2, 0.25) is 5.91 Å². The van der Waals surface area contributed by atoms with Gasteiger partial charge in [-0.2, -0.15) is 0 Å². The van der Waals surface area contributed by atoms with Crippen molar-refractivity contribution in [2.75, 3.05) is 6.61 Å². The van der Waals surface area contributed by atoms with Crippen molar-refractivity contribution in [3.8, 4) is 0 Å². The van der Waals surface area contributed by atoms with Crippen molar-refractivity contribution in [3.05, 3.63) is 30.3 Å². The lowest BCUT2D eigenvalue weighted by Gasteiger charge is -2.44. The Labute approximate surface area is 147 Å². The van der Waals surface area contributed by atoms with Gasteiger partial charge < -0.3 is 14.8 Å². The van der Waals surface area contributed by atoms with Gasteiger partial charge in [-0.3, -0.25) is 9.59 Å². The van der Waals surface area contributed by atoms with Gasteiger partial charge >= 0.3 is 5.97 Å². The molecule has 1 fully saturated rings. The number of ether oxygens (including phenoxy) is 2. The highest BCUT2D eigenvalue weighted by Crippen LogP contribution is 2.38. The van der Waals surface area contributed by atoms with E-state index < -0.39 is 0 Å². The molecule has 24 heavy (non-hydrogen) atoms. The Morgan fingerprint density at radius 3 is 2.42 bits per heavy atom. The largest absolute Gasteiger partial charge is 0.463 e. The second-order valence-corrected chi connectivity index (χ2v) is 7.39. The van der Waals surface area contributed by atoms with Gasteiger partial charge in [0.15, 0.2) is 0 Å². The Balaban J connectivity index is 2.16. The summed E-state index contributed by atoms with van der Waals surface area (Å²) in [5.74, 6) is -0.0207. The summed E-state index contributed by atoms with van der Waals surface area (Å²) >= 11 is 1.58. The van der Waals surface area contributed by atoms with Crippen LogP contribution in [0.5, 0.6) is 0 Å². The van der Waals surface area contributed by atoms with Crippen molar-refractivity contribution >= 4 is 23.6 Å². The van der Waals surface area contributed by atoms with Gasteiger partial charge in [0, 0.05) is 18.7 Å². The highest BCUT2D eigenvalue weighted by molar-refractivity contribution is 7.99. The first kappa shape index (κ1) is 18.8. The summed E-state index contributed by atoms with van der Waals surface area (Å²) in [5.41, 5.74) is -0.233. The third kappa shape index (κ3) is 4.98. The van der Waals surface area contributed by atoms with Gasteiger partial charge in [-0.15, -0.1) is 0 Å². The van der Waals surface area contributed by atoms with Crippen LogP contribution in [-0.4, -0.2) is 36.1 Å². The van der Waals surface area contributed by atoms with E-state index in [4.69, 9.17) is 9.47 Å². The minimum Gasteiger partial charge on any atom is -0.463 e. The highest BCUT2D eigenvalue weighted by Gasteiger charge is 2.42. The number of hydrogen-bond acceptors (Lipinski definition) is 5. The smallest absolute Gasteiger partial charge is 0.302 e. The minimum atomic E-state index is -0.310. The number of carbonyl (C=O) groups is 2. The molecule has 0 saturated carbocycles. The number of carbonyl (C=O) groups excluding carboxylic acids is 2. The second-order valence-electron chi connectivity index (χ2n) is 6.22. The maximum atomic E-state index is 11.6. The molecule has 0 aliphatic carbocycles. The molecule has 1 aliphatic rings. The third-order valence-electron chi connectivity index (χ3n) is 4.40. The fourth-order valence-corrected chi connectivity index (χ4v) is 4.10. The molecule has 1 aliphatic heterocycles. The molecule has 2 unspecified atom stereocenters. The van der Waals surface area contributed by atoms with Crippen LogP contribution in [0.25, 0.3) is 0 Å². The number of esters is 1. The van der Waals surface area contributed by atoms with E-state index in [1.165, 1.54) is 13.8 Å². The van der Waals surface area contributed by atoms with E-state index in [1.54, 1.807) is 11.8 Å². The number of hydrogen-bond donors (Lipinski definition) is 1. The molecule has 1 heterocycles. The molecule has 0 bridgehead atoms. The van der Waals surface area contributed by atoms with Crippen LogP contribution >= 0.6 is 11.8 Å². The van der Waals surface area contributed by atoms with Gasteiger partial charge in [-0.25, -0.2) is 0 Å². The number of rotatable bonds is 5. The van der Waals surface area contributed by atoms with Crippen molar-refractivity contribution in [2.24, 2.45) is 11.8 Å². The zero-order chi connectivity index (χ0) is 17.7. The number of benzene rings is 1. The lowest BCUT2D eigenvalue weighted by molar-refractivity contribution is -0.154. The molecule has 132 valence electrons. The first-order chi connectivity index (χ1) is 11.4. The van der Waals surface area contributed by atoms with E-state index in [9.17, 15) is 9.59 Å². The van der Waals surface area contributed by atoms with E-state index in [1.807, 2.05) is 30.3 Å². The van der Waals surface area contributed by atoms with Crippen molar-refractivity contribution in [3.63, 3.8) is 0 Å². The summed E-state index contributed by atoms with van der Waals surface area (Å²) in [6.07, 6.45) is -0.185. The topological polar surface area (TPSA) is 64.6 Å². The van der Waals surface area contributed by atoms with Crippen LogP contribution in [0.3, 0.4) is 0 Å². The summed E-state index contributed by atoms with van der Waals surface area (Å²) in [4.78, 5) is 23.8. The van der Waals surface area contributed by atoms with Crippen molar-refractivity contribution in [2.45, 2.75) is 50.2 Å². The van der Waals surface area contributed by atoms with E-state index in [0.717, 1.165) is 4.90 Å². The van der Waals surface area contributed by atoms with E-state index in [0.29, 0.717) is 0 Å². The van der Waals surface area contributed by atoms with E-state index in [2.05, 4.69) is 19.2 Å². The first-order valence-corrected chi connectivity index (χ1v) is 9.04. The molecule has 1 aromatic carbocycles. The molecule has 0 aromatic heterocycles. The maximum absolute atomic E-state index is 11.6. The normalized spacial score (nSPS) is 29.8.